The zero-order chi connectivity index (χ0) is 29.7. The van der Waals surface area contributed by atoms with E-state index in [0.717, 1.165) is 0 Å². The Bertz CT molecular complexity index is 1520. The maximum atomic E-state index is 14.3. The Balaban J connectivity index is 1.38. The van der Waals surface area contributed by atoms with Gasteiger partial charge in [-0.05, 0) is 58.2 Å². The summed E-state index contributed by atoms with van der Waals surface area (Å²) in [6.07, 6.45) is 2.56. The smallest absolute Gasteiger partial charge is 0.411 e. The minimum atomic E-state index is -3.85. The second-order valence-corrected chi connectivity index (χ2v) is 13.7. The Morgan fingerprint density at radius 3 is 2.56 bits per heavy atom. The highest BCUT2D eigenvalue weighted by atomic mass is 32.2. The number of benzene rings is 1. The number of nitrogens with one attached hydrogen (secondary N) is 2. The molecule has 3 amide bonds. The Hall–Kier alpha value is -3.74. The van der Waals surface area contributed by atoms with Gasteiger partial charge in [-0.2, -0.15) is 0 Å². The molecule has 2 aliphatic carbocycles. The monoisotopic (exact) mass is 588 g/mol. The third-order valence-electron chi connectivity index (χ3n) is 7.44. The van der Waals surface area contributed by atoms with Gasteiger partial charge in [0, 0.05) is 29.3 Å². The summed E-state index contributed by atoms with van der Waals surface area (Å²) in [5.74, 6) is -2.28. The molecule has 1 aliphatic heterocycles. The first-order valence-corrected chi connectivity index (χ1v) is 15.0. The fourth-order valence-corrected chi connectivity index (χ4v) is 6.43. The van der Waals surface area contributed by atoms with Crippen molar-refractivity contribution in [2.24, 2.45) is 5.92 Å². The number of nitrogens with zero attached hydrogens (tertiary/aromatic N) is 2. The van der Waals surface area contributed by atoms with E-state index in [4.69, 9.17) is 9.47 Å². The molecule has 1 aromatic carbocycles. The predicted octanol–water partition coefficient (Wildman–Crippen LogP) is 2.80. The molecule has 13 heteroatoms. The zero-order valence-corrected chi connectivity index (χ0v) is 23.9. The van der Waals surface area contributed by atoms with Crippen molar-refractivity contribution in [2.45, 2.75) is 75.0 Å². The van der Waals surface area contributed by atoms with Crippen molar-refractivity contribution in [3.8, 4) is 5.88 Å². The number of fused-ring (bicyclic) bond motifs is 1. The number of halogens is 1. The highest BCUT2D eigenvalue weighted by Gasteiger charge is 2.62. The molecule has 3 fully saturated rings. The lowest BCUT2D eigenvalue weighted by atomic mass is 10.1. The molecule has 2 saturated carbocycles. The molecule has 41 heavy (non-hydrogen) atoms. The Morgan fingerprint density at radius 2 is 1.93 bits per heavy atom. The second kappa shape index (κ2) is 10.3. The summed E-state index contributed by atoms with van der Waals surface area (Å²) < 4.78 is 52.9. The molecule has 0 radical (unpaired) electrons. The molecule has 0 spiro atoms. The van der Waals surface area contributed by atoms with E-state index in [1.807, 2.05) is 0 Å². The minimum absolute atomic E-state index is 0.0231. The van der Waals surface area contributed by atoms with Crippen LogP contribution in [0.4, 0.5) is 9.18 Å². The van der Waals surface area contributed by atoms with Crippen molar-refractivity contribution in [3.05, 3.63) is 48.9 Å². The van der Waals surface area contributed by atoms with Gasteiger partial charge in [-0.3, -0.25) is 19.2 Å². The van der Waals surface area contributed by atoms with E-state index in [0.29, 0.717) is 23.6 Å². The average Bonchev–Trinajstić information content (AvgIpc) is 3.80. The molecular formula is C28H33FN4O7S. The van der Waals surface area contributed by atoms with Crippen LogP contribution in [0.5, 0.6) is 5.88 Å². The van der Waals surface area contributed by atoms with Crippen LogP contribution in [0.25, 0.3) is 10.8 Å². The van der Waals surface area contributed by atoms with E-state index in [2.05, 4.69) is 21.6 Å². The maximum absolute atomic E-state index is 14.3. The standard InChI is InChI=1S/C28H33FN4O7S/c1-5-16-14-28(16,25(35)32-41(37,38)18-9-10-18)31-23(34)22-13-17(15-33(22)26(36)40-27(2,3)4)39-24-20-7-6-8-21(29)19(20)11-12-30-24/h5-8,11-12,16-18,22H,1,9-10,13-15H2,2-4H3,(H,31,34)(H,32,35)/t16-,17-,22+,28-/m1/s1. The number of sulfonamides is 1. The summed E-state index contributed by atoms with van der Waals surface area (Å²) in [7, 11) is -3.85. The topological polar surface area (TPSA) is 144 Å². The molecule has 2 N–H and O–H groups in total. The summed E-state index contributed by atoms with van der Waals surface area (Å²) in [6, 6.07) is 4.94. The van der Waals surface area contributed by atoms with Crippen LogP contribution in [-0.2, 0) is 24.3 Å². The van der Waals surface area contributed by atoms with Crippen molar-refractivity contribution in [3.63, 3.8) is 0 Å². The lowest BCUT2D eigenvalue weighted by molar-refractivity contribution is -0.131. The first-order valence-electron chi connectivity index (χ1n) is 13.4. The Morgan fingerprint density at radius 1 is 1.20 bits per heavy atom. The number of pyridine rings is 1. The highest BCUT2D eigenvalue weighted by Crippen LogP contribution is 2.45. The molecule has 1 aromatic heterocycles. The summed E-state index contributed by atoms with van der Waals surface area (Å²) in [5.41, 5.74) is -2.36. The van der Waals surface area contributed by atoms with E-state index < -0.39 is 68.2 Å². The molecule has 5 rings (SSSR count). The Labute approximate surface area is 237 Å². The van der Waals surface area contributed by atoms with Crippen molar-refractivity contribution < 1.29 is 36.7 Å². The molecule has 2 heterocycles. The lowest BCUT2D eigenvalue weighted by Crippen LogP contribution is -2.56. The minimum Gasteiger partial charge on any atom is -0.472 e. The zero-order valence-electron chi connectivity index (χ0n) is 23.1. The SMILES string of the molecule is C=C[C@@H]1C[C@]1(NC(=O)[C@@H]1C[C@@H](Oc2nccc3c(F)cccc23)CN1C(=O)OC(C)(C)C)C(=O)NS(=O)(=O)C1CC1. The number of likely N-dealkylation sites (tertiary alicyclic amines) is 1. The molecule has 0 bridgehead atoms. The fourth-order valence-electron chi connectivity index (χ4n) is 5.07. The van der Waals surface area contributed by atoms with Crippen LogP contribution in [0.1, 0.15) is 46.5 Å². The van der Waals surface area contributed by atoms with Gasteiger partial charge in [-0.15, -0.1) is 6.58 Å². The Kier molecular flexibility index (Phi) is 7.21. The molecule has 220 valence electrons. The van der Waals surface area contributed by atoms with Gasteiger partial charge >= 0.3 is 6.09 Å². The van der Waals surface area contributed by atoms with Gasteiger partial charge in [-0.1, -0.05) is 12.1 Å². The van der Waals surface area contributed by atoms with Gasteiger partial charge < -0.3 is 14.8 Å². The van der Waals surface area contributed by atoms with Gasteiger partial charge in [-0.25, -0.2) is 22.6 Å². The molecule has 0 unspecified atom stereocenters. The largest absolute Gasteiger partial charge is 0.472 e. The first kappa shape index (κ1) is 28.8. The van der Waals surface area contributed by atoms with Crippen LogP contribution in [0.2, 0.25) is 0 Å². The van der Waals surface area contributed by atoms with E-state index >= 15 is 0 Å². The number of rotatable bonds is 8. The van der Waals surface area contributed by atoms with Gasteiger partial charge in [0.05, 0.1) is 11.8 Å². The van der Waals surface area contributed by atoms with Crippen molar-refractivity contribution in [2.75, 3.05) is 6.54 Å². The normalized spacial score (nSPS) is 25.9. The van der Waals surface area contributed by atoms with Crippen LogP contribution in [-0.4, -0.2) is 71.3 Å². The van der Waals surface area contributed by atoms with Crippen LogP contribution in [0, 0.1) is 11.7 Å². The van der Waals surface area contributed by atoms with Gasteiger partial charge in [0.15, 0.2) is 0 Å². The summed E-state index contributed by atoms with van der Waals surface area (Å²) in [5, 5.41) is 2.83. The predicted molar refractivity (Wildman–Crippen MR) is 147 cm³/mol. The van der Waals surface area contributed by atoms with Crippen molar-refractivity contribution >= 4 is 38.7 Å². The van der Waals surface area contributed by atoms with Crippen LogP contribution >= 0.6 is 0 Å². The molecular weight excluding hydrogens is 555 g/mol. The van der Waals surface area contributed by atoms with E-state index in [-0.39, 0.29) is 25.3 Å². The first-order chi connectivity index (χ1) is 19.2. The maximum Gasteiger partial charge on any atom is 0.411 e. The van der Waals surface area contributed by atoms with Crippen molar-refractivity contribution in [1.29, 1.82) is 0 Å². The molecule has 3 aliphatic rings. The number of ether oxygens (including phenoxy) is 2. The number of hydrogen-bond donors (Lipinski definition) is 2. The highest BCUT2D eigenvalue weighted by molar-refractivity contribution is 7.91. The third-order valence-corrected chi connectivity index (χ3v) is 9.26. The summed E-state index contributed by atoms with van der Waals surface area (Å²) in [4.78, 5) is 45.4. The number of aromatic nitrogens is 1. The summed E-state index contributed by atoms with van der Waals surface area (Å²) >= 11 is 0. The fraction of sp³-hybridized carbons (Fsp3) is 0.500. The molecule has 11 nitrogen and oxygen atoms in total. The van der Waals surface area contributed by atoms with Gasteiger partial charge in [0.1, 0.15) is 29.1 Å². The lowest BCUT2D eigenvalue weighted by Gasteiger charge is -2.29. The summed E-state index contributed by atoms with van der Waals surface area (Å²) in [6.45, 7) is 8.74. The second-order valence-electron chi connectivity index (χ2n) is 11.8. The van der Waals surface area contributed by atoms with E-state index in [9.17, 15) is 27.2 Å². The van der Waals surface area contributed by atoms with Crippen LogP contribution in [0.3, 0.4) is 0 Å². The van der Waals surface area contributed by atoms with E-state index in [1.54, 1.807) is 26.8 Å². The third kappa shape index (κ3) is 5.85. The molecule has 1 saturated heterocycles. The number of amides is 3. The average molecular weight is 589 g/mol. The quantitative estimate of drug-likeness (QED) is 0.448. The number of hydrogen-bond acceptors (Lipinski definition) is 8. The van der Waals surface area contributed by atoms with Crippen LogP contribution in [0.15, 0.2) is 43.1 Å². The van der Waals surface area contributed by atoms with Crippen LogP contribution < -0.4 is 14.8 Å². The number of carbonyl (C=O) groups excluding carboxylic acids is 3. The van der Waals surface area contributed by atoms with Gasteiger partial charge in [0.2, 0.25) is 21.8 Å². The number of carbonyl (C=O) groups is 3. The van der Waals surface area contributed by atoms with E-state index in [1.165, 1.54) is 35.4 Å². The van der Waals surface area contributed by atoms with Gasteiger partial charge in [0.25, 0.3) is 5.91 Å². The van der Waals surface area contributed by atoms with Crippen molar-refractivity contribution in [1.82, 2.24) is 19.9 Å². The molecule has 2 aromatic rings. The molecule has 4 atom stereocenters.